The van der Waals surface area contributed by atoms with Crippen molar-refractivity contribution in [3.8, 4) is 0 Å². The van der Waals surface area contributed by atoms with Gasteiger partial charge in [-0.05, 0) is 19.1 Å². The first-order valence-electron chi connectivity index (χ1n) is 5.50. The second kappa shape index (κ2) is 5.05. The molecule has 0 aliphatic carbocycles. The Morgan fingerprint density at radius 3 is 2.42 bits per heavy atom. The van der Waals surface area contributed by atoms with Crippen LogP contribution in [0.3, 0.4) is 0 Å². The summed E-state index contributed by atoms with van der Waals surface area (Å²) in [5, 5.41) is 8.49. The number of aryl methyl sites for hydroxylation is 2. The summed E-state index contributed by atoms with van der Waals surface area (Å²) in [5.74, 6) is -1.38. The second-order valence-corrected chi connectivity index (χ2v) is 3.97. The number of anilines is 2. The average molecular weight is 266 g/mol. The van der Waals surface area contributed by atoms with Crippen LogP contribution in [0.4, 0.5) is 25.1 Å². The molecule has 19 heavy (non-hydrogen) atoms. The van der Waals surface area contributed by atoms with Crippen molar-refractivity contribution in [2.75, 3.05) is 10.6 Å². The zero-order valence-electron chi connectivity index (χ0n) is 10.4. The molecule has 0 unspecified atom stereocenters. The van der Waals surface area contributed by atoms with Crippen LogP contribution in [-0.4, -0.2) is 15.8 Å². The Labute approximate surface area is 108 Å². The first-order chi connectivity index (χ1) is 8.97. The fourth-order valence-corrected chi connectivity index (χ4v) is 1.50. The van der Waals surface area contributed by atoms with E-state index in [2.05, 4.69) is 15.7 Å². The van der Waals surface area contributed by atoms with Crippen molar-refractivity contribution in [1.29, 1.82) is 0 Å². The van der Waals surface area contributed by atoms with Crippen molar-refractivity contribution < 1.29 is 13.6 Å². The highest BCUT2D eigenvalue weighted by Gasteiger charge is 2.12. The number of para-hydroxylation sites is 1. The van der Waals surface area contributed by atoms with Gasteiger partial charge in [0, 0.05) is 18.8 Å². The van der Waals surface area contributed by atoms with Gasteiger partial charge in [-0.25, -0.2) is 13.6 Å². The molecule has 1 aromatic heterocycles. The summed E-state index contributed by atoms with van der Waals surface area (Å²) in [4.78, 5) is 11.6. The highest BCUT2D eigenvalue weighted by Crippen LogP contribution is 2.18. The summed E-state index contributed by atoms with van der Waals surface area (Å²) in [6, 6.07) is 4.21. The van der Waals surface area contributed by atoms with Crippen LogP contribution in [-0.2, 0) is 7.05 Å². The monoisotopic (exact) mass is 266 g/mol. The summed E-state index contributed by atoms with van der Waals surface area (Å²) in [7, 11) is 1.72. The molecule has 0 saturated carbocycles. The SMILES string of the molecule is Cc1cc(NC(=O)Nc2c(F)cccc2F)nn1C. The van der Waals surface area contributed by atoms with Crippen LogP contribution in [0.1, 0.15) is 5.69 Å². The molecule has 2 rings (SSSR count). The number of carbonyl (C=O) groups is 1. The van der Waals surface area contributed by atoms with E-state index in [4.69, 9.17) is 0 Å². The highest BCUT2D eigenvalue weighted by atomic mass is 19.1. The minimum atomic E-state index is -0.840. The Hall–Kier alpha value is -2.44. The fraction of sp³-hybridized carbons (Fsp3) is 0.167. The van der Waals surface area contributed by atoms with Crippen LogP contribution < -0.4 is 10.6 Å². The van der Waals surface area contributed by atoms with Crippen LogP contribution in [0.5, 0.6) is 0 Å². The Bertz CT molecular complexity index is 584. The summed E-state index contributed by atoms with van der Waals surface area (Å²) < 4.78 is 28.2. The molecule has 1 heterocycles. The number of halogens is 2. The van der Waals surface area contributed by atoms with Gasteiger partial charge in [-0.2, -0.15) is 5.10 Å². The fourth-order valence-electron chi connectivity index (χ4n) is 1.50. The Kier molecular flexibility index (Phi) is 3.46. The Morgan fingerprint density at radius 1 is 1.26 bits per heavy atom. The van der Waals surface area contributed by atoms with E-state index >= 15 is 0 Å². The zero-order chi connectivity index (χ0) is 14.0. The molecular weight excluding hydrogens is 254 g/mol. The lowest BCUT2D eigenvalue weighted by atomic mass is 10.3. The molecule has 2 aromatic rings. The molecular formula is C12H12F2N4O. The van der Waals surface area contributed by atoms with Gasteiger partial charge in [-0.1, -0.05) is 6.07 Å². The molecule has 0 spiro atoms. The van der Waals surface area contributed by atoms with Crippen molar-refractivity contribution in [2.45, 2.75) is 6.92 Å². The minimum Gasteiger partial charge on any atom is -0.303 e. The van der Waals surface area contributed by atoms with Crippen molar-refractivity contribution in [3.63, 3.8) is 0 Å². The van der Waals surface area contributed by atoms with Crippen molar-refractivity contribution >= 4 is 17.5 Å². The maximum Gasteiger partial charge on any atom is 0.325 e. The lowest BCUT2D eigenvalue weighted by Gasteiger charge is -2.07. The molecule has 0 aliphatic heterocycles. The number of hydrogen-bond acceptors (Lipinski definition) is 2. The highest BCUT2D eigenvalue weighted by molar-refractivity contribution is 5.99. The van der Waals surface area contributed by atoms with Gasteiger partial charge in [0.1, 0.15) is 17.3 Å². The van der Waals surface area contributed by atoms with Gasteiger partial charge in [-0.3, -0.25) is 10.00 Å². The standard InChI is InChI=1S/C12H12F2N4O/c1-7-6-10(17-18(7)2)15-12(19)16-11-8(13)4-3-5-9(11)14/h3-6H,1-2H3,(H2,15,16,17,19). The van der Waals surface area contributed by atoms with Crippen LogP contribution in [0.25, 0.3) is 0 Å². The van der Waals surface area contributed by atoms with Gasteiger partial charge in [0.2, 0.25) is 0 Å². The smallest absolute Gasteiger partial charge is 0.303 e. The van der Waals surface area contributed by atoms with Gasteiger partial charge < -0.3 is 5.32 Å². The number of aromatic nitrogens is 2. The van der Waals surface area contributed by atoms with E-state index in [1.165, 1.54) is 6.07 Å². The lowest BCUT2D eigenvalue weighted by Crippen LogP contribution is -2.21. The van der Waals surface area contributed by atoms with Crippen molar-refractivity contribution in [2.24, 2.45) is 7.05 Å². The van der Waals surface area contributed by atoms with Crippen molar-refractivity contribution in [1.82, 2.24) is 9.78 Å². The van der Waals surface area contributed by atoms with Gasteiger partial charge in [0.05, 0.1) is 0 Å². The molecule has 0 fully saturated rings. The number of benzene rings is 1. The maximum atomic E-state index is 13.3. The van der Waals surface area contributed by atoms with Crippen LogP contribution in [0.2, 0.25) is 0 Å². The van der Waals surface area contributed by atoms with E-state index in [0.717, 1.165) is 17.8 Å². The van der Waals surface area contributed by atoms with E-state index in [1.54, 1.807) is 17.8 Å². The molecule has 0 atom stereocenters. The van der Waals surface area contributed by atoms with Gasteiger partial charge in [-0.15, -0.1) is 0 Å². The normalized spacial score (nSPS) is 10.3. The first-order valence-corrected chi connectivity index (χ1v) is 5.50. The number of nitrogens with zero attached hydrogens (tertiary/aromatic N) is 2. The van der Waals surface area contributed by atoms with E-state index in [-0.39, 0.29) is 0 Å². The van der Waals surface area contributed by atoms with Crippen molar-refractivity contribution in [3.05, 3.63) is 41.6 Å². The second-order valence-electron chi connectivity index (χ2n) is 3.97. The molecule has 0 saturated heterocycles. The molecule has 0 radical (unpaired) electrons. The number of amides is 2. The Balaban J connectivity index is 2.09. The number of nitrogens with one attached hydrogen (secondary N) is 2. The molecule has 2 amide bonds. The predicted octanol–water partition coefficient (Wildman–Crippen LogP) is 2.65. The van der Waals surface area contributed by atoms with Crippen LogP contribution >= 0.6 is 0 Å². The van der Waals surface area contributed by atoms with E-state index in [9.17, 15) is 13.6 Å². The number of urea groups is 1. The minimum absolute atomic E-state index is 0.300. The molecule has 5 nitrogen and oxygen atoms in total. The molecule has 7 heteroatoms. The summed E-state index contributed by atoms with van der Waals surface area (Å²) in [6.45, 7) is 1.81. The topological polar surface area (TPSA) is 59.0 Å². The van der Waals surface area contributed by atoms with Gasteiger partial charge in [0.25, 0.3) is 0 Å². The quantitative estimate of drug-likeness (QED) is 0.877. The van der Waals surface area contributed by atoms with E-state index < -0.39 is 23.4 Å². The third-order valence-corrected chi connectivity index (χ3v) is 2.56. The first kappa shape index (κ1) is 13.0. The van der Waals surface area contributed by atoms with E-state index in [1.807, 2.05) is 6.92 Å². The Morgan fingerprint density at radius 2 is 1.89 bits per heavy atom. The molecule has 0 aliphatic rings. The van der Waals surface area contributed by atoms with Crippen LogP contribution in [0, 0.1) is 18.6 Å². The third kappa shape index (κ3) is 2.87. The van der Waals surface area contributed by atoms with Crippen LogP contribution in [0.15, 0.2) is 24.3 Å². The van der Waals surface area contributed by atoms with E-state index in [0.29, 0.717) is 5.82 Å². The number of hydrogen-bond donors (Lipinski definition) is 2. The molecule has 1 aromatic carbocycles. The van der Waals surface area contributed by atoms with Gasteiger partial charge in [0.15, 0.2) is 5.82 Å². The third-order valence-electron chi connectivity index (χ3n) is 2.56. The average Bonchev–Trinajstić information content (AvgIpc) is 2.63. The molecule has 2 N–H and O–H groups in total. The largest absolute Gasteiger partial charge is 0.325 e. The lowest BCUT2D eigenvalue weighted by molar-refractivity contribution is 0.262. The summed E-state index contributed by atoms with van der Waals surface area (Å²) >= 11 is 0. The molecule has 0 bridgehead atoms. The summed E-state index contributed by atoms with van der Waals surface area (Å²) in [5.41, 5.74) is 0.347. The predicted molar refractivity (Wildman–Crippen MR) is 66.9 cm³/mol. The zero-order valence-corrected chi connectivity index (χ0v) is 10.4. The summed E-state index contributed by atoms with van der Waals surface area (Å²) in [6.07, 6.45) is 0. The van der Waals surface area contributed by atoms with Gasteiger partial charge >= 0.3 is 6.03 Å². The maximum absolute atomic E-state index is 13.3. The number of carbonyl (C=O) groups excluding carboxylic acids is 1. The molecule has 100 valence electrons. The number of rotatable bonds is 2.